The molecule has 4 heterocycles. The van der Waals surface area contributed by atoms with E-state index in [1.807, 2.05) is 10.6 Å². The highest BCUT2D eigenvalue weighted by Crippen LogP contribution is 2.29. The monoisotopic (exact) mass is 401 g/mol. The van der Waals surface area contributed by atoms with Crippen molar-refractivity contribution in [3.8, 4) is 0 Å². The molecule has 0 radical (unpaired) electrons. The second-order valence-corrected chi connectivity index (χ2v) is 8.51. The van der Waals surface area contributed by atoms with Gasteiger partial charge in [-0.05, 0) is 11.8 Å². The van der Waals surface area contributed by atoms with Crippen molar-refractivity contribution in [2.75, 3.05) is 50.8 Å². The number of aromatic nitrogens is 4. The minimum atomic E-state index is -0.0579. The number of amides is 1. The molecule has 0 bridgehead atoms. The number of rotatable bonds is 6. The summed E-state index contributed by atoms with van der Waals surface area (Å²) in [6, 6.07) is 0.335. The molecule has 9 nitrogen and oxygen atoms in total. The molecule has 4 rings (SSSR count). The van der Waals surface area contributed by atoms with Gasteiger partial charge in [0.05, 0.1) is 19.1 Å². The molecule has 0 spiro atoms. The summed E-state index contributed by atoms with van der Waals surface area (Å²) < 4.78 is 7.33. The largest absolute Gasteiger partial charge is 0.379 e. The van der Waals surface area contributed by atoms with Crippen molar-refractivity contribution < 1.29 is 9.53 Å². The van der Waals surface area contributed by atoms with Gasteiger partial charge < -0.3 is 15.0 Å². The average Bonchev–Trinajstić information content (AvgIpc) is 3.35. The van der Waals surface area contributed by atoms with Crippen LogP contribution >= 0.6 is 0 Å². The van der Waals surface area contributed by atoms with Crippen LogP contribution in [-0.2, 0) is 9.53 Å². The van der Waals surface area contributed by atoms with Crippen molar-refractivity contribution in [1.82, 2.24) is 29.8 Å². The van der Waals surface area contributed by atoms with Crippen LogP contribution in [0.1, 0.15) is 20.8 Å². The number of morpholine rings is 1. The summed E-state index contributed by atoms with van der Waals surface area (Å²) in [6.07, 6.45) is 5.25. The number of hydrogen-bond acceptors (Lipinski definition) is 7. The van der Waals surface area contributed by atoms with Crippen LogP contribution in [0.2, 0.25) is 0 Å². The molecule has 158 valence electrons. The molecule has 0 saturated carbocycles. The van der Waals surface area contributed by atoms with Gasteiger partial charge in [0.25, 0.3) is 0 Å². The van der Waals surface area contributed by atoms with E-state index >= 15 is 0 Å². The second-order valence-electron chi connectivity index (χ2n) is 8.51. The number of nitrogens with one attached hydrogen (secondary N) is 1. The van der Waals surface area contributed by atoms with Gasteiger partial charge in [-0.2, -0.15) is 0 Å². The summed E-state index contributed by atoms with van der Waals surface area (Å²) in [5, 5.41) is 11.4. The van der Waals surface area contributed by atoms with E-state index in [9.17, 15) is 4.79 Å². The molecular formula is C20H31N7O2. The number of nitrogens with zero attached hydrogens (tertiary/aromatic N) is 6. The van der Waals surface area contributed by atoms with Crippen molar-refractivity contribution in [3.05, 3.63) is 18.7 Å². The Morgan fingerprint density at radius 3 is 2.86 bits per heavy atom. The summed E-state index contributed by atoms with van der Waals surface area (Å²) in [7, 11) is 0. The number of carbonyl (C=O) groups is 1. The fourth-order valence-electron chi connectivity index (χ4n) is 4.48. The highest BCUT2D eigenvalue weighted by Gasteiger charge is 2.37. The summed E-state index contributed by atoms with van der Waals surface area (Å²) >= 11 is 0. The van der Waals surface area contributed by atoms with Gasteiger partial charge in [-0.1, -0.05) is 20.8 Å². The quantitative estimate of drug-likeness (QED) is 0.761. The van der Waals surface area contributed by atoms with Gasteiger partial charge in [0.2, 0.25) is 11.6 Å². The molecule has 1 amide bonds. The first-order valence-corrected chi connectivity index (χ1v) is 10.5. The van der Waals surface area contributed by atoms with Gasteiger partial charge in [0, 0.05) is 51.2 Å². The smallest absolute Gasteiger partial charge is 0.225 e. The Hall–Kier alpha value is -2.26. The summed E-state index contributed by atoms with van der Waals surface area (Å²) in [4.78, 5) is 22.1. The predicted octanol–water partition coefficient (Wildman–Crippen LogP) is 0.670. The third-order valence-corrected chi connectivity index (χ3v) is 6.22. The second kappa shape index (κ2) is 8.62. The Bertz CT molecular complexity index is 833. The van der Waals surface area contributed by atoms with E-state index in [-0.39, 0.29) is 17.7 Å². The standard InChI is InChI=1S/C20H31N7O2/c1-14(2)17(25-6-8-29-9-7-25)10-22-20(28)16-12-27(11-15(16)3)18-19-24-23-13-26(19)5-4-21-18/h4-5,13-17H,6-12H2,1-3H3,(H,22,28). The maximum absolute atomic E-state index is 13.0. The molecule has 2 aromatic heterocycles. The molecule has 2 fully saturated rings. The number of fused-ring (bicyclic) bond motifs is 1. The van der Waals surface area contributed by atoms with Gasteiger partial charge in [0.1, 0.15) is 6.33 Å². The SMILES string of the molecule is CC(C)C(CNC(=O)C1CN(c2nccn3cnnc23)CC1C)N1CCOCC1. The average molecular weight is 402 g/mol. The van der Waals surface area contributed by atoms with E-state index in [0.717, 1.165) is 44.3 Å². The highest BCUT2D eigenvalue weighted by molar-refractivity contribution is 5.81. The minimum absolute atomic E-state index is 0.0579. The van der Waals surface area contributed by atoms with Gasteiger partial charge in [-0.25, -0.2) is 4.98 Å². The molecule has 2 saturated heterocycles. The van der Waals surface area contributed by atoms with Crippen LogP contribution in [0.5, 0.6) is 0 Å². The molecule has 29 heavy (non-hydrogen) atoms. The van der Waals surface area contributed by atoms with Crippen LogP contribution in [0.25, 0.3) is 5.65 Å². The van der Waals surface area contributed by atoms with E-state index in [1.54, 1.807) is 12.5 Å². The first-order chi connectivity index (χ1) is 14.0. The molecule has 1 N–H and O–H groups in total. The summed E-state index contributed by atoms with van der Waals surface area (Å²) in [6.45, 7) is 12.1. The normalized spacial score (nSPS) is 24.3. The first kappa shape index (κ1) is 20.0. The molecular weight excluding hydrogens is 370 g/mol. The predicted molar refractivity (Wildman–Crippen MR) is 110 cm³/mol. The molecule has 3 unspecified atom stereocenters. The van der Waals surface area contributed by atoms with Gasteiger partial charge in [-0.3, -0.25) is 14.1 Å². The zero-order chi connectivity index (χ0) is 20.4. The Balaban J connectivity index is 1.39. The van der Waals surface area contributed by atoms with Gasteiger partial charge in [-0.15, -0.1) is 10.2 Å². The fourth-order valence-corrected chi connectivity index (χ4v) is 4.48. The van der Waals surface area contributed by atoms with E-state index in [1.165, 1.54) is 0 Å². The van der Waals surface area contributed by atoms with Crippen molar-refractivity contribution in [3.63, 3.8) is 0 Å². The zero-order valence-corrected chi connectivity index (χ0v) is 17.5. The van der Waals surface area contributed by atoms with Crippen LogP contribution in [-0.4, -0.2) is 82.4 Å². The van der Waals surface area contributed by atoms with Crippen molar-refractivity contribution in [2.24, 2.45) is 17.8 Å². The van der Waals surface area contributed by atoms with Crippen LogP contribution in [0, 0.1) is 17.8 Å². The van der Waals surface area contributed by atoms with E-state index in [2.05, 4.69) is 51.1 Å². The molecule has 2 aliphatic heterocycles. The van der Waals surface area contributed by atoms with Crippen molar-refractivity contribution in [1.29, 1.82) is 0 Å². The van der Waals surface area contributed by atoms with Crippen LogP contribution in [0.4, 0.5) is 5.82 Å². The van der Waals surface area contributed by atoms with Crippen molar-refractivity contribution >= 4 is 17.4 Å². The Morgan fingerprint density at radius 2 is 2.10 bits per heavy atom. The van der Waals surface area contributed by atoms with Gasteiger partial charge in [0.15, 0.2) is 5.82 Å². The minimum Gasteiger partial charge on any atom is -0.379 e. The highest BCUT2D eigenvalue weighted by atomic mass is 16.5. The molecule has 0 aromatic carbocycles. The number of anilines is 1. The summed E-state index contributed by atoms with van der Waals surface area (Å²) in [5.74, 6) is 1.59. The van der Waals surface area contributed by atoms with Crippen LogP contribution in [0.15, 0.2) is 18.7 Å². The Morgan fingerprint density at radius 1 is 1.31 bits per heavy atom. The molecule has 0 aliphatic carbocycles. The lowest BCUT2D eigenvalue weighted by Gasteiger charge is -2.37. The summed E-state index contributed by atoms with van der Waals surface area (Å²) in [5.41, 5.74) is 0.730. The van der Waals surface area contributed by atoms with E-state index < -0.39 is 0 Å². The number of carbonyl (C=O) groups excluding carboxylic acids is 1. The lowest BCUT2D eigenvalue weighted by molar-refractivity contribution is -0.125. The third kappa shape index (κ3) is 4.20. The van der Waals surface area contributed by atoms with Gasteiger partial charge >= 0.3 is 0 Å². The third-order valence-electron chi connectivity index (χ3n) is 6.22. The lowest BCUT2D eigenvalue weighted by atomic mass is 9.96. The first-order valence-electron chi connectivity index (χ1n) is 10.5. The zero-order valence-electron chi connectivity index (χ0n) is 17.5. The van der Waals surface area contributed by atoms with Crippen LogP contribution < -0.4 is 10.2 Å². The van der Waals surface area contributed by atoms with E-state index in [4.69, 9.17) is 4.74 Å². The lowest BCUT2D eigenvalue weighted by Crippen LogP contribution is -2.52. The molecule has 2 aromatic rings. The Kier molecular flexibility index (Phi) is 5.96. The number of ether oxygens (including phenoxy) is 1. The van der Waals surface area contributed by atoms with Crippen LogP contribution in [0.3, 0.4) is 0 Å². The molecule has 2 aliphatic rings. The molecule has 3 atom stereocenters. The van der Waals surface area contributed by atoms with E-state index in [0.29, 0.717) is 25.0 Å². The maximum Gasteiger partial charge on any atom is 0.225 e. The Labute approximate surface area is 171 Å². The maximum atomic E-state index is 13.0. The topological polar surface area (TPSA) is 87.9 Å². The van der Waals surface area contributed by atoms with Crippen molar-refractivity contribution in [2.45, 2.75) is 26.8 Å². The molecule has 9 heteroatoms. The number of hydrogen-bond donors (Lipinski definition) is 1. The fraction of sp³-hybridized carbons (Fsp3) is 0.700.